The molecule has 2 heteroatoms. The first kappa shape index (κ1) is 17.7. The van der Waals surface area contributed by atoms with E-state index in [0.29, 0.717) is 0 Å². The fourth-order valence-corrected chi connectivity index (χ4v) is 3.39. The Morgan fingerprint density at radius 3 is 2.43 bits per heavy atom. The van der Waals surface area contributed by atoms with Gasteiger partial charge in [-0.3, -0.25) is 0 Å². The SMILES string of the molecule is C=C/C(=C\C=C/C)c1cccc(Nc2nc3ccccc3c3ccccc23)c1. The summed E-state index contributed by atoms with van der Waals surface area (Å²) in [5.74, 6) is 0.865. The number of hydrogen-bond donors (Lipinski definition) is 1. The molecule has 1 N–H and O–H groups in total. The average molecular weight is 362 g/mol. The highest BCUT2D eigenvalue weighted by Crippen LogP contribution is 2.31. The third-order valence-electron chi connectivity index (χ3n) is 4.76. The van der Waals surface area contributed by atoms with Gasteiger partial charge < -0.3 is 5.32 Å². The standard InChI is InChI=1S/C26H22N2/c1-3-5-11-19(4-2)20-12-10-13-21(18-20)27-26-24-16-7-6-14-22(24)23-15-8-9-17-25(23)28-26/h3-18H,2H2,1H3,(H,27,28)/b5-3-,19-11+. The predicted molar refractivity (Wildman–Crippen MR) is 122 cm³/mol. The molecule has 3 aromatic carbocycles. The Morgan fingerprint density at radius 1 is 0.893 bits per heavy atom. The largest absolute Gasteiger partial charge is 0.340 e. The molecule has 4 rings (SSSR count). The third kappa shape index (κ3) is 3.45. The van der Waals surface area contributed by atoms with Gasteiger partial charge in [0, 0.05) is 16.5 Å². The van der Waals surface area contributed by atoms with Crippen LogP contribution in [0.25, 0.3) is 27.2 Å². The Morgan fingerprint density at radius 2 is 1.64 bits per heavy atom. The third-order valence-corrected chi connectivity index (χ3v) is 4.76. The molecule has 0 saturated heterocycles. The zero-order valence-electron chi connectivity index (χ0n) is 15.9. The van der Waals surface area contributed by atoms with Gasteiger partial charge in [-0.25, -0.2) is 4.98 Å². The maximum Gasteiger partial charge on any atom is 0.138 e. The van der Waals surface area contributed by atoms with Gasteiger partial charge in [-0.1, -0.05) is 85.5 Å². The first-order valence-corrected chi connectivity index (χ1v) is 9.40. The van der Waals surface area contributed by atoms with Gasteiger partial charge in [0.25, 0.3) is 0 Å². The van der Waals surface area contributed by atoms with Crippen LogP contribution in [0.5, 0.6) is 0 Å². The molecule has 0 spiro atoms. The second-order valence-corrected chi connectivity index (χ2v) is 6.58. The van der Waals surface area contributed by atoms with Gasteiger partial charge in [0.05, 0.1) is 5.52 Å². The highest BCUT2D eigenvalue weighted by Gasteiger charge is 2.08. The van der Waals surface area contributed by atoms with E-state index in [1.807, 2.05) is 37.3 Å². The summed E-state index contributed by atoms with van der Waals surface area (Å²) in [6, 6.07) is 25.0. The fourth-order valence-electron chi connectivity index (χ4n) is 3.39. The summed E-state index contributed by atoms with van der Waals surface area (Å²) in [6.07, 6.45) is 7.98. The van der Waals surface area contributed by atoms with E-state index in [-0.39, 0.29) is 0 Å². The number of allylic oxidation sites excluding steroid dienone is 5. The second kappa shape index (κ2) is 7.93. The number of pyridine rings is 1. The Balaban J connectivity index is 1.80. The van der Waals surface area contributed by atoms with Crippen molar-refractivity contribution in [2.75, 3.05) is 5.32 Å². The van der Waals surface area contributed by atoms with Crippen LogP contribution in [0, 0.1) is 0 Å². The number of para-hydroxylation sites is 1. The summed E-state index contributed by atoms with van der Waals surface area (Å²) in [5.41, 5.74) is 4.18. The molecule has 0 aliphatic rings. The zero-order valence-corrected chi connectivity index (χ0v) is 15.9. The second-order valence-electron chi connectivity index (χ2n) is 6.58. The zero-order chi connectivity index (χ0) is 19.3. The van der Waals surface area contributed by atoms with Crippen molar-refractivity contribution >= 4 is 38.8 Å². The van der Waals surface area contributed by atoms with Crippen molar-refractivity contribution in [3.8, 4) is 0 Å². The summed E-state index contributed by atoms with van der Waals surface area (Å²) >= 11 is 0. The summed E-state index contributed by atoms with van der Waals surface area (Å²) < 4.78 is 0. The summed E-state index contributed by atoms with van der Waals surface area (Å²) in [7, 11) is 0. The summed E-state index contributed by atoms with van der Waals surface area (Å²) in [6.45, 7) is 5.95. The topological polar surface area (TPSA) is 24.9 Å². The predicted octanol–water partition coefficient (Wildman–Crippen LogP) is 7.28. The number of aromatic nitrogens is 1. The normalized spacial score (nSPS) is 12.0. The van der Waals surface area contributed by atoms with Gasteiger partial charge in [-0.2, -0.15) is 0 Å². The molecule has 4 aromatic rings. The minimum Gasteiger partial charge on any atom is -0.340 e. The van der Waals surface area contributed by atoms with Crippen molar-refractivity contribution in [2.24, 2.45) is 0 Å². The van der Waals surface area contributed by atoms with Crippen molar-refractivity contribution < 1.29 is 0 Å². The first-order chi connectivity index (χ1) is 13.8. The molecule has 0 radical (unpaired) electrons. The van der Waals surface area contributed by atoms with Gasteiger partial charge >= 0.3 is 0 Å². The molecule has 1 heterocycles. The quantitative estimate of drug-likeness (QED) is 0.298. The van der Waals surface area contributed by atoms with E-state index >= 15 is 0 Å². The van der Waals surface area contributed by atoms with E-state index < -0.39 is 0 Å². The molecule has 0 bridgehead atoms. The van der Waals surface area contributed by atoms with Crippen molar-refractivity contribution in [3.63, 3.8) is 0 Å². The van der Waals surface area contributed by atoms with E-state index in [2.05, 4.69) is 78.6 Å². The first-order valence-electron chi connectivity index (χ1n) is 9.40. The van der Waals surface area contributed by atoms with E-state index in [1.54, 1.807) is 0 Å². The number of anilines is 2. The lowest BCUT2D eigenvalue weighted by atomic mass is 10.0. The number of nitrogens with zero attached hydrogens (tertiary/aromatic N) is 1. The van der Waals surface area contributed by atoms with Crippen LogP contribution in [-0.4, -0.2) is 4.98 Å². The molecule has 0 saturated carbocycles. The Labute approximate surface area is 165 Å². The average Bonchev–Trinajstić information content (AvgIpc) is 2.75. The van der Waals surface area contributed by atoms with Crippen LogP contribution in [0.4, 0.5) is 11.5 Å². The van der Waals surface area contributed by atoms with Gasteiger partial charge in [-0.05, 0) is 41.6 Å². The Hall–Kier alpha value is -3.65. The van der Waals surface area contributed by atoms with Crippen molar-refractivity contribution in [3.05, 3.63) is 109 Å². The van der Waals surface area contributed by atoms with Crippen LogP contribution in [0.2, 0.25) is 0 Å². The lowest BCUT2D eigenvalue weighted by Gasteiger charge is -2.13. The lowest BCUT2D eigenvalue weighted by Crippen LogP contribution is -1.96. The van der Waals surface area contributed by atoms with Gasteiger partial charge in [0.2, 0.25) is 0 Å². The maximum atomic E-state index is 4.89. The van der Waals surface area contributed by atoms with Gasteiger partial charge in [0.15, 0.2) is 0 Å². The number of nitrogens with one attached hydrogen (secondary N) is 1. The van der Waals surface area contributed by atoms with E-state index in [9.17, 15) is 0 Å². The molecule has 136 valence electrons. The van der Waals surface area contributed by atoms with Crippen molar-refractivity contribution in [1.29, 1.82) is 0 Å². The Bertz CT molecular complexity index is 1220. The van der Waals surface area contributed by atoms with E-state index in [1.165, 1.54) is 10.8 Å². The van der Waals surface area contributed by atoms with E-state index in [0.717, 1.165) is 33.5 Å². The Kier molecular flexibility index (Phi) is 5.03. The van der Waals surface area contributed by atoms with Crippen LogP contribution >= 0.6 is 0 Å². The molecular weight excluding hydrogens is 340 g/mol. The van der Waals surface area contributed by atoms with Crippen LogP contribution in [0.1, 0.15) is 12.5 Å². The van der Waals surface area contributed by atoms with Gasteiger partial charge in [-0.15, -0.1) is 0 Å². The summed E-state index contributed by atoms with van der Waals surface area (Å²) in [5, 5.41) is 7.00. The number of fused-ring (bicyclic) bond motifs is 3. The molecular formula is C26H22N2. The molecule has 2 nitrogen and oxygen atoms in total. The maximum absolute atomic E-state index is 4.89. The monoisotopic (exact) mass is 362 g/mol. The van der Waals surface area contributed by atoms with Crippen LogP contribution in [0.15, 0.2) is 104 Å². The smallest absolute Gasteiger partial charge is 0.138 e. The molecule has 0 aliphatic heterocycles. The molecule has 0 aliphatic carbocycles. The van der Waals surface area contributed by atoms with Crippen LogP contribution in [0.3, 0.4) is 0 Å². The van der Waals surface area contributed by atoms with Crippen molar-refractivity contribution in [1.82, 2.24) is 4.98 Å². The van der Waals surface area contributed by atoms with Crippen LogP contribution in [-0.2, 0) is 0 Å². The lowest BCUT2D eigenvalue weighted by molar-refractivity contribution is 1.40. The highest BCUT2D eigenvalue weighted by atomic mass is 15.0. The molecule has 0 amide bonds. The van der Waals surface area contributed by atoms with Crippen LogP contribution < -0.4 is 5.32 Å². The minimum atomic E-state index is 0.865. The molecule has 28 heavy (non-hydrogen) atoms. The molecule has 1 aromatic heterocycles. The number of hydrogen-bond acceptors (Lipinski definition) is 2. The number of benzene rings is 3. The van der Waals surface area contributed by atoms with E-state index in [4.69, 9.17) is 4.98 Å². The molecule has 0 atom stereocenters. The summed E-state index contributed by atoms with van der Waals surface area (Å²) in [4.78, 5) is 4.89. The minimum absolute atomic E-state index is 0.865. The van der Waals surface area contributed by atoms with Gasteiger partial charge in [0.1, 0.15) is 5.82 Å². The van der Waals surface area contributed by atoms with Crippen molar-refractivity contribution in [2.45, 2.75) is 6.92 Å². The fraction of sp³-hybridized carbons (Fsp3) is 0.0385. The highest BCUT2D eigenvalue weighted by molar-refractivity contribution is 6.10. The molecule has 0 unspecified atom stereocenters. The number of rotatable bonds is 5. The molecule has 0 fully saturated rings.